The molecule has 0 saturated heterocycles. The van der Waals surface area contributed by atoms with Crippen LogP contribution in [0, 0.1) is 6.92 Å². The number of ether oxygens (including phenoxy) is 1. The molecule has 3 aromatic rings. The normalized spacial score (nSPS) is 11.2. The van der Waals surface area contributed by atoms with Crippen molar-refractivity contribution < 1.29 is 18.7 Å². The third-order valence-corrected chi connectivity index (χ3v) is 4.08. The van der Waals surface area contributed by atoms with E-state index in [-0.39, 0.29) is 22.9 Å². The van der Waals surface area contributed by atoms with Gasteiger partial charge < -0.3 is 14.5 Å². The molecule has 6 nitrogen and oxygen atoms in total. The lowest BCUT2D eigenvalue weighted by Crippen LogP contribution is -2.33. The zero-order valence-corrected chi connectivity index (χ0v) is 16.4. The molecular weight excluding hydrogens is 370 g/mol. The van der Waals surface area contributed by atoms with E-state index in [1.165, 1.54) is 18.2 Å². The third-order valence-electron chi connectivity index (χ3n) is 4.08. The van der Waals surface area contributed by atoms with Crippen LogP contribution >= 0.6 is 0 Å². The Morgan fingerprint density at radius 3 is 2.48 bits per heavy atom. The Morgan fingerprint density at radius 1 is 1.07 bits per heavy atom. The summed E-state index contributed by atoms with van der Waals surface area (Å²) in [7, 11) is 0. The first-order valence-corrected chi connectivity index (χ1v) is 9.17. The molecule has 1 amide bonds. The third kappa shape index (κ3) is 5.19. The van der Waals surface area contributed by atoms with E-state index in [2.05, 4.69) is 5.32 Å². The van der Waals surface area contributed by atoms with Crippen LogP contribution in [0.2, 0.25) is 0 Å². The molecule has 0 fully saturated rings. The van der Waals surface area contributed by atoms with Gasteiger partial charge in [-0.05, 0) is 50.6 Å². The number of rotatable bonds is 5. The Labute approximate surface area is 167 Å². The highest BCUT2D eigenvalue weighted by Gasteiger charge is 2.15. The van der Waals surface area contributed by atoms with Gasteiger partial charge in [0.15, 0.2) is 0 Å². The Kier molecular flexibility index (Phi) is 5.93. The van der Waals surface area contributed by atoms with Crippen LogP contribution in [0.5, 0.6) is 5.75 Å². The van der Waals surface area contributed by atoms with Gasteiger partial charge in [-0.15, -0.1) is 0 Å². The van der Waals surface area contributed by atoms with E-state index in [0.717, 1.165) is 11.1 Å². The van der Waals surface area contributed by atoms with E-state index in [4.69, 9.17) is 9.15 Å². The molecule has 1 N–H and O–H groups in total. The summed E-state index contributed by atoms with van der Waals surface area (Å²) in [4.78, 5) is 36.3. The predicted molar refractivity (Wildman–Crippen MR) is 111 cm³/mol. The van der Waals surface area contributed by atoms with Crippen LogP contribution in [-0.2, 0) is 4.79 Å². The number of esters is 1. The molecule has 0 saturated carbocycles. The monoisotopic (exact) mass is 391 g/mol. The van der Waals surface area contributed by atoms with E-state index >= 15 is 0 Å². The second kappa shape index (κ2) is 8.56. The molecule has 3 rings (SSSR count). The summed E-state index contributed by atoms with van der Waals surface area (Å²) >= 11 is 0. The minimum Gasteiger partial charge on any atom is -0.423 e. The van der Waals surface area contributed by atoms with E-state index in [0.29, 0.717) is 5.39 Å². The van der Waals surface area contributed by atoms with Gasteiger partial charge in [-0.3, -0.25) is 4.79 Å². The van der Waals surface area contributed by atoms with Crippen molar-refractivity contribution >= 4 is 28.9 Å². The van der Waals surface area contributed by atoms with Crippen molar-refractivity contribution in [3.05, 3.63) is 81.7 Å². The van der Waals surface area contributed by atoms with Gasteiger partial charge in [0.1, 0.15) is 16.9 Å². The van der Waals surface area contributed by atoms with Crippen molar-refractivity contribution in [2.75, 3.05) is 0 Å². The summed E-state index contributed by atoms with van der Waals surface area (Å²) < 4.78 is 10.5. The smallest absolute Gasteiger partial charge is 0.349 e. The van der Waals surface area contributed by atoms with Crippen molar-refractivity contribution in [2.45, 2.75) is 26.8 Å². The first-order chi connectivity index (χ1) is 13.8. The van der Waals surface area contributed by atoms with Crippen LogP contribution in [0.3, 0.4) is 0 Å². The van der Waals surface area contributed by atoms with Gasteiger partial charge in [-0.2, -0.15) is 0 Å². The summed E-state index contributed by atoms with van der Waals surface area (Å²) in [6.45, 7) is 5.59. The fourth-order valence-electron chi connectivity index (χ4n) is 2.65. The number of hydrogen-bond donors (Lipinski definition) is 1. The van der Waals surface area contributed by atoms with E-state index in [1.807, 2.05) is 31.2 Å². The molecule has 0 aliphatic carbocycles. The predicted octanol–water partition coefficient (Wildman–Crippen LogP) is 3.86. The van der Waals surface area contributed by atoms with E-state index in [9.17, 15) is 14.4 Å². The maximum atomic E-state index is 12.1. The molecule has 1 heterocycles. The number of carbonyl (C=O) groups is 2. The van der Waals surface area contributed by atoms with Gasteiger partial charge in [0.05, 0.1) is 0 Å². The van der Waals surface area contributed by atoms with E-state index < -0.39 is 17.5 Å². The summed E-state index contributed by atoms with van der Waals surface area (Å²) in [5, 5.41) is 3.21. The summed E-state index contributed by atoms with van der Waals surface area (Å²) in [5.41, 5.74) is 1.41. The van der Waals surface area contributed by atoms with Crippen molar-refractivity contribution in [1.29, 1.82) is 0 Å². The highest BCUT2D eigenvalue weighted by molar-refractivity contribution is 5.97. The number of fused-ring (bicyclic) bond motifs is 1. The fourth-order valence-corrected chi connectivity index (χ4v) is 2.65. The second-order valence-corrected chi connectivity index (χ2v) is 6.94. The summed E-state index contributed by atoms with van der Waals surface area (Å²) in [5.74, 6) is -0.814. The number of aryl methyl sites for hydroxylation is 1. The van der Waals surface area contributed by atoms with Crippen LogP contribution in [0.4, 0.5) is 0 Å². The Bertz CT molecular complexity index is 1140. The molecule has 1 aromatic heterocycles. The summed E-state index contributed by atoms with van der Waals surface area (Å²) in [6, 6.07) is 13.7. The highest BCUT2D eigenvalue weighted by atomic mass is 16.5. The molecule has 0 aliphatic rings. The Balaban J connectivity index is 1.77. The first kappa shape index (κ1) is 20.1. The van der Waals surface area contributed by atoms with Crippen LogP contribution in [0.15, 0.2) is 63.8 Å². The number of benzene rings is 2. The molecule has 0 atom stereocenters. The first-order valence-electron chi connectivity index (χ1n) is 9.17. The minimum atomic E-state index is -0.751. The van der Waals surface area contributed by atoms with Crippen LogP contribution < -0.4 is 15.7 Å². The molecule has 0 spiro atoms. The fraction of sp³-hybridized carbons (Fsp3) is 0.174. The van der Waals surface area contributed by atoms with Crippen LogP contribution in [0.1, 0.15) is 35.3 Å². The molecule has 148 valence electrons. The van der Waals surface area contributed by atoms with Crippen molar-refractivity contribution in [2.24, 2.45) is 0 Å². The average molecular weight is 391 g/mol. The average Bonchev–Trinajstić information content (AvgIpc) is 2.66. The van der Waals surface area contributed by atoms with Crippen LogP contribution in [-0.4, -0.2) is 17.9 Å². The number of hydrogen-bond acceptors (Lipinski definition) is 5. The van der Waals surface area contributed by atoms with Gasteiger partial charge >= 0.3 is 11.6 Å². The number of carbonyl (C=O) groups excluding carboxylic acids is 2. The maximum absolute atomic E-state index is 12.1. The largest absolute Gasteiger partial charge is 0.423 e. The van der Waals surface area contributed by atoms with Crippen LogP contribution in [0.25, 0.3) is 17.0 Å². The quantitative estimate of drug-likeness (QED) is 0.309. The molecule has 2 aromatic carbocycles. The van der Waals surface area contributed by atoms with Gasteiger partial charge in [0.25, 0.3) is 5.91 Å². The van der Waals surface area contributed by atoms with Crippen molar-refractivity contribution in [3.63, 3.8) is 0 Å². The Hall–Kier alpha value is -3.67. The highest BCUT2D eigenvalue weighted by Crippen LogP contribution is 2.21. The molecule has 0 radical (unpaired) electrons. The van der Waals surface area contributed by atoms with Gasteiger partial charge in [0.2, 0.25) is 0 Å². The number of nitrogens with one attached hydrogen (secondary N) is 1. The van der Waals surface area contributed by atoms with Crippen molar-refractivity contribution in [3.8, 4) is 5.75 Å². The lowest BCUT2D eigenvalue weighted by molar-refractivity contribution is -0.128. The van der Waals surface area contributed by atoms with Crippen molar-refractivity contribution in [1.82, 2.24) is 5.32 Å². The van der Waals surface area contributed by atoms with Gasteiger partial charge in [-0.25, -0.2) is 9.59 Å². The zero-order chi connectivity index (χ0) is 21.0. The Morgan fingerprint density at radius 2 is 1.79 bits per heavy atom. The minimum absolute atomic E-state index is 0.0722. The van der Waals surface area contributed by atoms with Gasteiger partial charge in [-0.1, -0.05) is 29.8 Å². The molecule has 29 heavy (non-hydrogen) atoms. The lowest BCUT2D eigenvalue weighted by Gasteiger charge is -2.08. The molecule has 6 heteroatoms. The topological polar surface area (TPSA) is 85.6 Å². The SMILES string of the molecule is Cc1ccc(/C=C/C(=O)Oc2ccc3cc(C(=O)NC(C)C)c(=O)oc3c2)cc1. The molecular formula is C23H21NO5. The molecule has 0 aliphatic heterocycles. The van der Waals surface area contributed by atoms with Gasteiger partial charge in [0, 0.05) is 23.6 Å². The number of amides is 1. The lowest BCUT2D eigenvalue weighted by atomic mass is 10.1. The molecule has 0 unspecified atom stereocenters. The van der Waals surface area contributed by atoms with E-state index in [1.54, 1.807) is 32.1 Å². The zero-order valence-electron chi connectivity index (χ0n) is 16.4. The summed E-state index contributed by atoms with van der Waals surface area (Å²) in [6.07, 6.45) is 2.98. The molecule has 0 bridgehead atoms. The standard InChI is InChI=1S/C23H21NO5/c1-14(2)24-22(26)19-12-17-9-10-18(13-20(17)29-23(19)27)28-21(25)11-8-16-6-4-15(3)5-7-16/h4-14H,1-3H3,(H,24,26)/b11-8+. The maximum Gasteiger partial charge on any atom is 0.349 e. The second-order valence-electron chi connectivity index (χ2n) is 6.94.